The summed E-state index contributed by atoms with van der Waals surface area (Å²) in [5.41, 5.74) is 1.03. The minimum absolute atomic E-state index is 0.0356. The van der Waals surface area contributed by atoms with Crippen LogP contribution in [0.5, 0.6) is 5.75 Å². The van der Waals surface area contributed by atoms with Crippen molar-refractivity contribution in [1.29, 1.82) is 0 Å². The molecule has 1 atom stereocenters. The maximum atomic E-state index is 12.3. The lowest BCUT2D eigenvalue weighted by molar-refractivity contribution is 0.102. The molecule has 1 saturated heterocycles. The van der Waals surface area contributed by atoms with E-state index >= 15 is 0 Å². The van der Waals surface area contributed by atoms with Crippen LogP contribution in [0.25, 0.3) is 0 Å². The molecular weight excluding hydrogens is 282 g/mol. The van der Waals surface area contributed by atoms with Crippen LogP contribution in [-0.4, -0.2) is 35.2 Å². The molecule has 1 fully saturated rings. The first kappa shape index (κ1) is 14.5. The Hall–Kier alpha value is -2.47. The van der Waals surface area contributed by atoms with Gasteiger partial charge in [-0.2, -0.15) is 0 Å². The van der Waals surface area contributed by atoms with Crippen LogP contribution >= 0.6 is 0 Å². The molecule has 2 aromatic heterocycles. The number of carbonyl (C=O) groups excluding carboxylic acids is 1. The van der Waals surface area contributed by atoms with E-state index in [4.69, 9.17) is 9.47 Å². The standard InChI is InChI=1S/C16H17N3O3/c1-11-8-13(22-12-5-7-21-10-12)9-14(18-11)16(20)19-15-4-2-3-6-17-15/h2-4,6,8-9,12H,5,7,10H2,1H3,(H,17,19,20)/t12-/m0/s1. The first-order chi connectivity index (χ1) is 10.7. The second-order valence-electron chi connectivity index (χ2n) is 5.10. The molecule has 0 unspecified atom stereocenters. The number of rotatable bonds is 4. The average molecular weight is 299 g/mol. The lowest BCUT2D eigenvalue weighted by atomic mass is 10.2. The number of ether oxygens (including phenoxy) is 2. The number of nitrogens with one attached hydrogen (secondary N) is 1. The fourth-order valence-electron chi connectivity index (χ4n) is 2.24. The van der Waals surface area contributed by atoms with E-state index in [0.717, 1.165) is 12.1 Å². The number of aryl methyl sites for hydroxylation is 1. The third kappa shape index (κ3) is 3.59. The zero-order valence-corrected chi connectivity index (χ0v) is 12.3. The highest BCUT2D eigenvalue weighted by molar-refractivity contribution is 6.02. The van der Waals surface area contributed by atoms with Gasteiger partial charge < -0.3 is 14.8 Å². The molecule has 3 heterocycles. The van der Waals surface area contributed by atoms with Crippen LogP contribution in [0.2, 0.25) is 0 Å². The van der Waals surface area contributed by atoms with E-state index in [0.29, 0.717) is 30.5 Å². The zero-order valence-electron chi connectivity index (χ0n) is 12.3. The number of carbonyl (C=O) groups is 1. The minimum atomic E-state index is -0.310. The Morgan fingerprint density at radius 3 is 3.05 bits per heavy atom. The topological polar surface area (TPSA) is 73.3 Å². The monoisotopic (exact) mass is 299 g/mol. The number of hydrogen-bond donors (Lipinski definition) is 1. The van der Waals surface area contributed by atoms with Crippen LogP contribution in [0.4, 0.5) is 5.82 Å². The molecule has 1 aliphatic heterocycles. The van der Waals surface area contributed by atoms with E-state index in [1.807, 2.05) is 13.0 Å². The van der Waals surface area contributed by atoms with Gasteiger partial charge in [0.15, 0.2) is 0 Å². The summed E-state index contributed by atoms with van der Waals surface area (Å²) in [6, 6.07) is 8.78. The first-order valence-corrected chi connectivity index (χ1v) is 7.16. The molecule has 3 rings (SSSR count). The molecule has 1 N–H and O–H groups in total. The van der Waals surface area contributed by atoms with Crippen molar-refractivity contribution in [2.45, 2.75) is 19.4 Å². The van der Waals surface area contributed by atoms with Crippen molar-refractivity contribution in [3.05, 3.63) is 47.9 Å². The van der Waals surface area contributed by atoms with E-state index < -0.39 is 0 Å². The smallest absolute Gasteiger partial charge is 0.275 e. The molecule has 0 bridgehead atoms. The number of aromatic nitrogens is 2. The first-order valence-electron chi connectivity index (χ1n) is 7.16. The number of nitrogens with zero attached hydrogens (tertiary/aromatic N) is 2. The summed E-state index contributed by atoms with van der Waals surface area (Å²) in [6.07, 6.45) is 2.51. The van der Waals surface area contributed by atoms with Crippen molar-refractivity contribution in [3.8, 4) is 5.75 Å². The third-order valence-electron chi connectivity index (χ3n) is 3.26. The Labute approximate surface area is 128 Å². The van der Waals surface area contributed by atoms with Crippen LogP contribution in [0, 0.1) is 6.92 Å². The van der Waals surface area contributed by atoms with E-state index in [1.54, 1.807) is 30.5 Å². The van der Waals surface area contributed by atoms with Gasteiger partial charge >= 0.3 is 0 Å². The highest BCUT2D eigenvalue weighted by Gasteiger charge is 2.18. The van der Waals surface area contributed by atoms with Gasteiger partial charge in [0.25, 0.3) is 5.91 Å². The van der Waals surface area contributed by atoms with E-state index in [9.17, 15) is 4.79 Å². The molecule has 0 aliphatic carbocycles. The Morgan fingerprint density at radius 2 is 2.32 bits per heavy atom. The summed E-state index contributed by atoms with van der Waals surface area (Å²) in [6.45, 7) is 3.12. The largest absolute Gasteiger partial charge is 0.488 e. The van der Waals surface area contributed by atoms with Crippen LogP contribution in [-0.2, 0) is 4.74 Å². The van der Waals surface area contributed by atoms with Crippen LogP contribution in [0.15, 0.2) is 36.5 Å². The second-order valence-corrected chi connectivity index (χ2v) is 5.10. The van der Waals surface area contributed by atoms with Gasteiger partial charge in [0.2, 0.25) is 0 Å². The summed E-state index contributed by atoms with van der Waals surface area (Å²) >= 11 is 0. The van der Waals surface area contributed by atoms with Gasteiger partial charge in [-0.1, -0.05) is 6.07 Å². The highest BCUT2D eigenvalue weighted by atomic mass is 16.5. The molecule has 1 aliphatic rings. The van der Waals surface area contributed by atoms with Crippen LogP contribution in [0.3, 0.4) is 0 Å². The Kier molecular flexibility index (Phi) is 4.29. The summed E-state index contributed by atoms with van der Waals surface area (Å²) in [7, 11) is 0. The predicted molar refractivity (Wildman–Crippen MR) is 81.0 cm³/mol. The fraction of sp³-hybridized carbons (Fsp3) is 0.312. The molecule has 0 saturated carbocycles. The number of anilines is 1. The Balaban J connectivity index is 1.75. The summed E-state index contributed by atoms with van der Waals surface area (Å²) in [5.74, 6) is 0.812. The van der Waals surface area contributed by atoms with Crippen molar-refractivity contribution in [2.24, 2.45) is 0 Å². The Bertz CT molecular complexity index is 655. The van der Waals surface area contributed by atoms with Gasteiger partial charge in [-0.15, -0.1) is 0 Å². The van der Waals surface area contributed by atoms with Gasteiger partial charge in [0, 0.05) is 30.4 Å². The van der Waals surface area contributed by atoms with Gasteiger partial charge in [0.1, 0.15) is 23.4 Å². The molecule has 22 heavy (non-hydrogen) atoms. The molecule has 0 spiro atoms. The lowest BCUT2D eigenvalue weighted by Crippen LogP contribution is -2.18. The van der Waals surface area contributed by atoms with Crippen molar-refractivity contribution in [1.82, 2.24) is 9.97 Å². The number of hydrogen-bond acceptors (Lipinski definition) is 5. The van der Waals surface area contributed by atoms with Crippen molar-refractivity contribution in [3.63, 3.8) is 0 Å². The normalized spacial score (nSPS) is 17.2. The second kappa shape index (κ2) is 6.53. The molecule has 6 heteroatoms. The summed E-state index contributed by atoms with van der Waals surface area (Å²) in [5, 5.41) is 2.71. The van der Waals surface area contributed by atoms with Gasteiger partial charge in [-0.25, -0.2) is 9.97 Å². The molecule has 0 radical (unpaired) electrons. The molecule has 1 amide bonds. The molecule has 2 aromatic rings. The molecule has 114 valence electrons. The maximum absolute atomic E-state index is 12.3. The quantitative estimate of drug-likeness (QED) is 0.937. The van der Waals surface area contributed by atoms with Crippen LogP contribution < -0.4 is 10.1 Å². The Morgan fingerprint density at radius 1 is 1.41 bits per heavy atom. The highest BCUT2D eigenvalue weighted by Crippen LogP contribution is 2.19. The minimum Gasteiger partial charge on any atom is -0.488 e. The average Bonchev–Trinajstić information content (AvgIpc) is 3.00. The van der Waals surface area contributed by atoms with Gasteiger partial charge in [-0.3, -0.25) is 4.79 Å². The van der Waals surface area contributed by atoms with Gasteiger partial charge in [-0.05, 0) is 19.1 Å². The SMILES string of the molecule is Cc1cc(O[C@H]2CCOC2)cc(C(=O)Nc2ccccn2)n1. The van der Waals surface area contributed by atoms with Crippen molar-refractivity contribution >= 4 is 11.7 Å². The number of pyridine rings is 2. The number of amides is 1. The van der Waals surface area contributed by atoms with Gasteiger partial charge in [0.05, 0.1) is 13.2 Å². The van der Waals surface area contributed by atoms with Crippen LogP contribution in [0.1, 0.15) is 22.6 Å². The summed E-state index contributed by atoms with van der Waals surface area (Å²) < 4.78 is 11.1. The lowest BCUT2D eigenvalue weighted by Gasteiger charge is -2.13. The molecule has 6 nitrogen and oxygen atoms in total. The summed E-state index contributed by atoms with van der Waals surface area (Å²) in [4.78, 5) is 20.6. The van der Waals surface area contributed by atoms with E-state index in [-0.39, 0.29) is 12.0 Å². The molecule has 0 aromatic carbocycles. The predicted octanol–water partition coefficient (Wildman–Crippen LogP) is 2.21. The van der Waals surface area contributed by atoms with E-state index in [2.05, 4.69) is 15.3 Å². The van der Waals surface area contributed by atoms with Crippen molar-refractivity contribution in [2.75, 3.05) is 18.5 Å². The fourth-order valence-corrected chi connectivity index (χ4v) is 2.24. The maximum Gasteiger partial charge on any atom is 0.275 e. The zero-order chi connectivity index (χ0) is 15.4. The van der Waals surface area contributed by atoms with E-state index in [1.165, 1.54) is 0 Å². The third-order valence-corrected chi connectivity index (χ3v) is 3.26. The molecular formula is C16H17N3O3. The van der Waals surface area contributed by atoms with Crippen molar-refractivity contribution < 1.29 is 14.3 Å².